The minimum atomic E-state index is 0.463. The second-order valence-corrected chi connectivity index (χ2v) is 5.68. The van der Waals surface area contributed by atoms with E-state index in [-0.39, 0.29) is 0 Å². The zero-order valence-corrected chi connectivity index (χ0v) is 12.9. The van der Waals surface area contributed by atoms with Crippen LogP contribution in [0.2, 0.25) is 0 Å². The summed E-state index contributed by atoms with van der Waals surface area (Å²) >= 11 is 0. The molecular formula is C18H25NO. The Labute approximate surface area is 122 Å². The Morgan fingerprint density at radius 2 is 1.90 bits per heavy atom. The van der Waals surface area contributed by atoms with Gasteiger partial charge in [0.25, 0.3) is 0 Å². The van der Waals surface area contributed by atoms with Crippen LogP contribution >= 0.6 is 0 Å². The van der Waals surface area contributed by atoms with Crippen LogP contribution in [-0.4, -0.2) is 13.7 Å². The topological polar surface area (TPSA) is 21.3 Å². The van der Waals surface area contributed by atoms with Gasteiger partial charge in [0.15, 0.2) is 0 Å². The van der Waals surface area contributed by atoms with Crippen molar-refractivity contribution in [3.8, 4) is 0 Å². The molecule has 0 aliphatic heterocycles. The molecule has 2 rings (SSSR count). The van der Waals surface area contributed by atoms with Crippen molar-refractivity contribution < 1.29 is 4.74 Å². The van der Waals surface area contributed by atoms with Crippen molar-refractivity contribution in [1.29, 1.82) is 0 Å². The van der Waals surface area contributed by atoms with Crippen molar-refractivity contribution in [2.24, 2.45) is 11.8 Å². The number of ether oxygens (including phenoxy) is 1. The average Bonchev–Trinajstić information content (AvgIpc) is 2.42. The van der Waals surface area contributed by atoms with E-state index < -0.39 is 0 Å². The average molecular weight is 271 g/mol. The lowest BCUT2D eigenvalue weighted by Gasteiger charge is -2.23. The highest BCUT2D eigenvalue weighted by Crippen LogP contribution is 2.22. The van der Waals surface area contributed by atoms with Gasteiger partial charge in [-0.05, 0) is 42.5 Å². The first-order valence-electron chi connectivity index (χ1n) is 7.29. The Morgan fingerprint density at radius 1 is 1.20 bits per heavy atom. The first-order chi connectivity index (χ1) is 9.61. The smallest absolute Gasteiger partial charge is 0.0531 e. The third-order valence-electron chi connectivity index (χ3n) is 4.12. The van der Waals surface area contributed by atoms with Gasteiger partial charge < -0.3 is 10.1 Å². The number of benzene rings is 1. The molecular weight excluding hydrogens is 246 g/mol. The summed E-state index contributed by atoms with van der Waals surface area (Å²) < 4.78 is 5.29. The van der Waals surface area contributed by atoms with E-state index in [1.807, 2.05) is 0 Å². The van der Waals surface area contributed by atoms with E-state index in [1.54, 1.807) is 7.11 Å². The van der Waals surface area contributed by atoms with Gasteiger partial charge in [0.2, 0.25) is 0 Å². The highest BCUT2D eigenvalue weighted by molar-refractivity contribution is 5.34. The molecule has 0 heterocycles. The van der Waals surface area contributed by atoms with Crippen molar-refractivity contribution in [1.82, 2.24) is 5.32 Å². The summed E-state index contributed by atoms with van der Waals surface area (Å²) in [4.78, 5) is 0. The standard InChI is InChI=1S/C18H25NO/c1-13-8-9-17(10-16(13)12-20-4)19-11-18-14(2)6-5-7-15(18)3/h5-10,13,16,19H,11-12H2,1-4H3. The first kappa shape index (κ1) is 14.9. The van der Waals surface area contributed by atoms with Crippen molar-refractivity contribution >= 4 is 0 Å². The van der Waals surface area contributed by atoms with E-state index in [0.717, 1.165) is 13.2 Å². The highest BCUT2D eigenvalue weighted by atomic mass is 16.5. The highest BCUT2D eigenvalue weighted by Gasteiger charge is 2.16. The third kappa shape index (κ3) is 3.51. The number of rotatable bonds is 5. The van der Waals surface area contributed by atoms with E-state index in [0.29, 0.717) is 11.8 Å². The molecule has 0 aromatic heterocycles. The monoisotopic (exact) mass is 271 g/mol. The molecule has 0 saturated heterocycles. The lowest BCUT2D eigenvalue weighted by Crippen LogP contribution is -2.21. The molecule has 0 amide bonds. The van der Waals surface area contributed by atoms with Gasteiger partial charge in [-0.2, -0.15) is 0 Å². The van der Waals surface area contributed by atoms with Crippen molar-refractivity contribution in [3.63, 3.8) is 0 Å². The molecule has 0 bridgehead atoms. The summed E-state index contributed by atoms with van der Waals surface area (Å²) in [5.41, 5.74) is 5.29. The van der Waals surface area contributed by atoms with Crippen LogP contribution in [0.25, 0.3) is 0 Å². The number of aryl methyl sites for hydroxylation is 2. The summed E-state index contributed by atoms with van der Waals surface area (Å²) in [5.74, 6) is 1.01. The van der Waals surface area contributed by atoms with Gasteiger partial charge in [0, 0.05) is 25.3 Å². The molecule has 2 atom stereocenters. The number of methoxy groups -OCH3 is 1. The molecule has 2 heteroatoms. The summed E-state index contributed by atoms with van der Waals surface area (Å²) in [6.07, 6.45) is 6.74. The Balaban J connectivity index is 2.04. The van der Waals surface area contributed by atoms with E-state index in [2.05, 4.69) is 62.5 Å². The Morgan fingerprint density at radius 3 is 2.55 bits per heavy atom. The molecule has 20 heavy (non-hydrogen) atoms. The fraction of sp³-hybridized carbons (Fsp3) is 0.444. The zero-order valence-electron chi connectivity index (χ0n) is 12.9. The number of hydrogen-bond acceptors (Lipinski definition) is 2. The van der Waals surface area contributed by atoms with E-state index in [4.69, 9.17) is 4.74 Å². The van der Waals surface area contributed by atoms with Crippen LogP contribution < -0.4 is 5.32 Å². The summed E-state index contributed by atoms with van der Waals surface area (Å²) in [6.45, 7) is 8.23. The quantitative estimate of drug-likeness (QED) is 0.880. The second-order valence-electron chi connectivity index (χ2n) is 5.68. The van der Waals surface area contributed by atoms with Crippen LogP contribution in [-0.2, 0) is 11.3 Å². The fourth-order valence-electron chi connectivity index (χ4n) is 2.66. The molecule has 2 nitrogen and oxygen atoms in total. The molecule has 0 fully saturated rings. The maximum absolute atomic E-state index is 5.29. The van der Waals surface area contributed by atoms with Crippen LogP contribution in [0.4, 0.5) is 0 Å². The molecule has 0 spiro atoms. The van der Waals surface area contributed by atoms with E-state index in [1.165, 1.54) is 22.4 Å². The van der Waals surface area contributed by atoms with Crippen molar-refractivity contribution in [3.05, 3.63) is 58.8 Å². The van der Waals surface area contributed by atoms with Crippen LogP contribution in [0.3, 0.4) is 0 Å². The van der Waals surface area contributed by atoms with Gasteiger partial charge in [0.05, 0.1) is 6.61 Å². The third-order valence-corrected chi connectivity index (χ3v) is 4.12. The molecule has 1 aliphatic carbocycles. The summed E-state index contributed by atoms with van der Waals surface area (Å²) in [7, 11) is 1.77. The fourth-order valence-corrected chi connectivity index (χ4v) is 2.66. The SMILES string of the molecule is COCC1C=C(NCc2c(C)cccc2C)C=CC1C. The molecule has 1 aromatic rings. The van der Waals surface area contributed by atoms with Crippen molar-refractivity contribution in [2.45, 2.75) is 27.3 Å². The predicted molar refractivity (Wildman–Crippen MR) is 84.5 cm³/mol. The summed E-state index contributed by atoms with van der Waals surface area (Å²) in [6, 6.07) is 6.46. The van der Waals surface area contributed by atoms with Crippen LogP contribution in [0.5, 0.6) is 0 Å². The van der Waals surface area contributed by atoms with Crippen LogP contribution in [0, 0.1) is 25.7 Å². The molecule has 108 valence electrons. The van der Waals surface area contributed by atoms with Crippen LogP contribution in [0.1, 0.15) is 23.6 Å². The summed E-state index contributed by atoms with van der Waals surface area (Å²) in [5, 5.41) is 3.55. The maximum atomic E-state index is 5.29. The lowest BCUT2D eigenvalue weighted by atomic mass is 9.89. The van der Waals surface area contributed by atoms with Crippen molar-refractivity contribution in [2.75, 3.05) is 13.7 Å². The van der Waals surface area contributed by atoms with E-state index in [9.17, 15) is 0 Å². The second kappa shape index (κ2) is 6.76. The molecule has 1 aromatic carbocycles. The largest absolute Gasteiger partial charge is 0.384 e. The van der Waals surface area contributed by atoms with Gasteiger partial charge >= 0.3 is 0 Å². The van der Waals surface area contributed by atoms with Crippen LogP contribution in [0.15, 0.2) is 42.1 Å². The van der Waals surface area contributed by atoms with Gasteiger partial charge in [-0.25, -0.2) is 0 Å². The normalized spacial score (nSPS) is 21.7. The van der Waals surface area contributed by atoms with Gasteiger partial charge in [-0.1, -0.05) is 37.3 Å². The molecule has 1 N–H and O–H groups in total. The van der Waals surface area contributed by atoms with E-state index >= 15 is 0 Å². The lowest BCUT2D eigenvalue weighted by molar-refractivity contribution is 0.155. The van der Waals surface area contributed by atoms with Gasteiger partial charge in [-0.3, -0.25) is 0 Å². The Hall–Kier alpha value is -1.54. The van der Waals surface area contributed by atoms with Gasteiger partial charge in [-0.15, -0.1) is 0 Å². The molecule has 0 saturated carbocycles. The first-order valence-corrected chi connectivity index (χ1v) is 7.29. The zero-order chi connectivity index (χ0) is 14.5. The molecule has 0 radical (unpaired) electrons. The number of hydrogen-bond donors (Lipinski definition) is 1. The number of nitrogens with one attached hydrogen (secondary N) is 1. The van der Waals surface area contributed by atoms with Gasteiger partial charge in [0.1, 0.15) is 0 Å². The Bertz CT molecular complexity index is 496. The minimum absolute atomic E-state index is 0.463. The number of allylic oxidation sites excluding steroid dienone is 2. The molecule has 2 unspecified atom stereocenters. The predicted octanol–water partition coefficient (Wildman–Crippen LogP) is 3.75. The minimum Gasteiger partial charge on any atom is -0.384 e. The maximum Gasteiger partial charge on any atom is 0.0531 e. The Kier molecular flexibility index (Phi) is 5.02. The molecule has 1 aliphatic rings.